The molecular formula is C19H26BrNO. The second kappa shape index (κ2) is 9.09. The molecule has 0 fully saturated rings. The first-order valence-electron chi connectivity index (χ1n) is 11.4. The van der Waals surface area contributed by atoms with E-state index >= 15 is 0 Å². The van der Waals surface area contributed by atoms with E-state index in [4.69, 9.17) is 17.1 Å². The number of ether oxygens (including phenoxy) is 1. The van der Waals surface area contributed by atoms with Crippen LogP contribution in [0.4, 0.5) is 0 Å². The molecular weight excluding hydrogens is 338 g/mol. The summed E-state index contributed by atoms with van der Waals surface area (Å²) in [6, 6.07) is 18.7. The van der Waals surface area contributed by atoms with Gasteiger partial charge in [0.25, 0.3) is 0 Å². The number of hydrogen-bond donors (Lipinski definition) is 0. The van der Waals surface area contributed by atoms with Crippen molar-refractivity contribution in [2.75, 3.05) is 34.1 Å². The number of hydrogen-bond acceptors (Lipinski definition) is 1. The number of halogens is 1. The maximum atomic E-state index is 7.71. The van der Waals surface area contributed by atoms with Crippen molar-refractivity contribution in [2.45, 2.75) is 12.5 Å². The predicted molar refractivity (Wildman–Crippen MR) is 88.2 cm³/mol. The lowest BCUT2D eigenvalue weighted by atomic mass is 10.0. The van der Waals surface area contributed by atoms with E-state index in [9.17, 15) is 0 Å². The smallest absolute Gasteiger partial charge is 0.102 e. The van der Waals surface area contributed by atoms with Crippen molar-refractivity contribution < 1.29 is 38.5 Å². The van der Waals surface area contributed by atoms with Crippen LogP contribution in [-0.2, 0) is 11.2 Å². The maximum absolute atomic E-state index is 7.71. The third kappa shape index (κ3) is 6.73. The van der Waals surface area contributed by atoms with Gasteiger partial charge in [0, 0.05) is 6.42 Å². The van der Waals surface area contributed by atoms with Crippen LogP contribution in [0.5, 0.6) is 0 Å². The van der Waals surface area contributed by atoms with Gasteiger partial charge in [-0.15, -0.1) is 0 Å². The zero-order valence-corrected chi connectivity index (χ0v) is 13.8. The summed E-state index contributed by atoms with van der Waals surface area (Å²) in [5.74, 6) is 0. The Balaban J connectivity index is 0.00000480. The molecule has 0 heterocycles. The molecule has 0 aliphatic rings. The minimum absolute atomic E-state index is 0. The van der Waals surface area contributed by atoms with E-state index < -0.39 is 38.1 Å². The number of quaternary nitrogens is 1. The molecule has 0 amide bonds. The van der Waals surface area contributed by atoms with Gasteiger partial charge in [0.15, 0.2) is 0 Å². The van der Waals surface area contributed by atoms with Crippen LogP contribution in [0.15, 0.2) is 60.7 Å². The van der Waals surface area contributed by atoms with E-state index in [1.54, 1.807) is 0 Å². The lowest BCUT2D eigenvalue weighted by Gasteiger charge is -2.25. The molecule has 0 aromatic heterocycles. The van der Waals surface area contributed by atoms with Crippen LogP contribution < -0.4 is 17.0 Å². The van der Waals surface area contributed by atoms with Crippen molar-refractivity contribution in [3.8, 4) is 0 Å². The molecule has 0 aliphatic carbocycles. The van der Waals surface area contributed by atoms with E-state index in [2.05, 4.69) is 0 Å². The summed E-state index contributed by atoms with van der Waals surface area (Å²) < 4.78 is 73.3. The first kappa shape index (κ1) is 9.21. The molecule has 22 heavy (non-hydrogen) atoms. The molecule has 0 spiro atoms. The summed E-state index contributed by atoms with van der Waals surface area (Å²) in [5, 5.41) is 0. The topological polar surface area (TPSA) is 9.23 Å². The van der Waals surface area contributed by atoms with E-state index in [0.717, 1.165) is 11.1 Å². The number of benzene rings is 2. The molecule has 1 unspecified atom stereocenters. The van der Waals surface area contributed by atoms with Crippen LogP contribution in [0.1, 0.15) is 29.6 Å². The van der Waals surface area contributed by atoms with Gasteiger partial charge >= 0.3 is 0 Å². The van der Waals surface area contributed by atoms with Gasteiger partial charge in [-0.25, -0.2) is 0 Å². The zero-order valence-electron chi connectivity index (χ0n) is 21.2. The molecule has 0 bridgehead atoms. The molecule has 1 atom stereocenters. The lowest BCUT2D eigenvalue weighted by Crippen LogP contribution is -3.00. The Labute approximate surface area is 157 Å². The minimum Gasteiger partial charge on any atom is -1.00 e. The molecule has 0 saturated heterocycles. The fraction of sp³-hybridized carbons (Fsp3) is 0.368. The van der Waals surface area contributed by atoms with Gasteiger partial charge in [0.05, 0.1) is 46.0 Å². The average Bonchev–Trinajstić information content (AvgIpc) is 2.62. The summed E-state index contributed by atoms with van der Waals surface area (Å²) in [6.45, 7) is -10.9. The van der Waals surface area contributed by atoms with Gasteiger partial charge in [-0.05, 0) is 11.1 Å². The molecule has 0 radical (unpaired) electrons. The van der Waals surface area contributed by atoms with Gasteiger partial charge in [-0.2, -0.15) is 0 Å². The SMILES string of the molecule is [2H]C([2H])([2H])[N+](CCOC(Cc1ccccc1)c1ccccc1)(C([2H])([2H])[2H])C([2H])([2H])[2H].[Br-]. The largest absolute Gasteiger partial charge is 1.00 e. The summed E-state index contributed by atoms with van der Waals surface area (Å²) in [4.78, 5) is 0. The zero-order chi connectivity index (χ0) is 22.6. The first-order valence-corrected chi connectivity index (χ1v) is 6.88. The third-order valence-corrected chi connectivity index (χ3v) is 3.18. The fourth-order valence-electron chi connectivity index (χ4n) is 2.10. The van der Waals surface area contributed by atoms with Gasteiger partial charge < -0.3 is 26.2 Å². The van der Waals surface area contributed by atoms with Crippen LogP contribution in [0.2, 0.25) is 0 Å². The van der Waals surface area contributed by atoms with Crippen molar-refractivity contribution >= 4 is 0 Å². The van der Waals surface area contributed by atoms with Crippen LogP contribution in [0, 0.1) is 0 Å². The van der Waals surface area contributed by atoms with E-state index in [1.807, 2.05) is 60.7 Å². The summed E-state index contributed by atoms with van der Waals surface area (Å²) in [7, 11) is 0. The van der Waals surface area contributed by atoms with Crippen LogP contribution >= 0.6 is 0 Å². The minimum atomic E-state index is -3.28. The Kier molecular flexibility index (Phi) is 3.80. The van der Waals surface area contributed by atoms with Crippen LogP contribution in [0.3, 0.4) is 0 Å². The highest BCUT2D eigenvalue weighted by atomic mass is 79.9. The summed E-state index contributed by atoms with van der Waals surface area (Å²) >= 11 is 0. The fourth-order valence-corrected chi connectivity index (χ4v) is 2.10. The highest BCUT2D eigenvalue weighted by Gasteiger charge is 2.15. The second-order valence-electron chi connectivity index (χ2n) is 4.99. The Bertz CT molecular complexity index is 756. The van der Waals surface area contributed by atoms with Gasteiger partial charge in [0.2, 0.25) is 0 Å². The molecule has 2 aromatic rings. The van der Waals surface area contributed by atoms with E-state index in [1.165, 1.54) is 0 Å². The quantitative estimate of drug-likeness (QED) is 0.650. The van der Waals surface area contributed by atoms with E-state index in [-0.39, 0.29) is 23.6 Å². The maximum Gasteiger partial charge on any atom is 0.102 e. The van der Waals surface area contributed by atoms with Crippen molar-refractivity contribution in [1.29, 1.82) is 0 Å². The van der Waals surface area contributed by atoms with Crippen molar-refractivity contribution in [2.24, 2.45) is 0 Å². The highest BCUT2D eigenvalue weighted by Crippen LogP contribution is 2.22. The number of nitrogens with zero attached hydrogens (tertiary/aromatic N) is 1. The monoisotopic (exact) mass is 372 g/mol. The Morgan fingerprint density at radius 1 is 0.955 bits per heavy atom. The predicted octanol–water partition coefficient (Wildman–Crippen LogP) is 0.697. The second-order valence-corrected chi connectivity index (χ2v) is 4.99. The molecule has 2 nitrogen and oxygen atoms in total. The van der Waals surface area contributed by atoms with Crippen LogP contribution in [0.25, 0.3) is 0 Å². The average molecular weight is 373 g/mol. The molecule has 2 aromatic carbocycles. The number of likely N-dealkylation sites (N-methyl/N-ethyl adjacent to an activating group) is 1. The molecule has 0 N–H and O–H groups in total. The highest BCUT2D eigenvalue weighted by molar-refractivity contribution is 5.22. The van der Waals surface area contributed by atoms with Gasteiger partial charge in [-0.3, -0.25) is 0 Å². The number of rotatable bonds is 7. The standard InChI is InChI=1S/C19H26NO.BrH/c1-20(2,3)14-15-21-19(18-12-8-5-9-13-18)16-17-10-6-4-7-11-17;/h4-13,19H,14-16H2,1-3H3;1H/q+1;/p-1/i1D3,2D3,3D3;. The third-order valence-electron chi connectivity index (χ3n) is 3.18. The van der Waals surface area contributed by atoms with Crippen molar-refractivity contribution in [3.05, 3.63) is 71.8 Å². The molecule has 3 heteroatoms. The van der Waals surface area contributed by atoms with Gasteiger partial charge in [0.1, 0.15) is 6.54 Å². The molecule has 2 rings (SSSR count). The summed E-state index contributed by atoms with van der Waals surface area (Å²) in [6.07, 6.45) is -0.0135. The molecule has 0 aliphatic heterocycles. The Hall–Kier alpha value is -1.16. The normalized spacial score (nSPS) is 20.3. The molecule has 0 saturated carbocycles. The van der Waals surface area contributed by atoms with Gasteiger partial charge in [-0.1, -0.05) is 60.7 Å². The van der Waals surface area contributed by atoms with Crippen molar-refractivity contribution in [1.82, 2.24) is 0 Å². The van der Waals surface area contributed by atoms with E-state index in [0.29, 0.717) is 6.42 Å². The lowest BCUT2D eigenvalue weighted by molar-refractivity contribution is -0.870. The Morgan fingerprint density at radius 3 is 2.14 bits per heavy atom. The molecule has 120 valence electrons. The first-order chi connectivity index (χ1) is 13.8. The Morgan fingerprint density at radius 2 is 1.55 bits per heavy atom. The van der Waals surface area contributed by atoms with Crippen LogP contribution in [-0.4, -0.2) is 38.6 Å². The van der Waals surface area contributed by atoms with Crippen molar-refractivity contribution in [3.63, 3.8) is 0 Å². The summed E-state index contributed by atoms with van der Waals surface area (Å²) in [5.41, 5.74) is 1.81.